The molecule has 4 rings (SSSR count). The van der Waals surface area contributed by atoms with Crippen LogP contribution in [0.3, 0.4) is 0 Å². The number of hydrogen-bond donors (Lipinski definition) is 1. The lowest BCUT2D eigenvalue weighted by atomic mass is 10.1. The van der Waals surface area contributed by atoms with Crippen molar-refractivity contribution < 1.29 is 27.4 Å². The van der Waals surface area contributed by atoms with Gasteiger partial charge in [-0.25, -0.2) is 9.07 Å². The monoisotopic (exact) mass is 499 g/mol. The average molecular weight is 499 g/mol. The van der Waals surface area contributed by atoms with Crippen molar-refractivity contribution in [3.05, 3.63) is 94.3 Å². The molecule has 1 N–H and O–H groups in total. The number of ether oxygens (including phenoxy) is 1. The molecule has 0 aliphatic heterocycles. The fourth-order valence-corrected chi connectivity index (χ4v) is 3.75. The number of aromatic hydroxyl groups is 1. The van der Waals surface area contributed by atoms with Crippen LogP contribution in [0.25, 0.3) is 5.69 Å². The standard InChI is InChI=1S/C25H21F4N5O2/c1-15(36-14-16-3-6-21(35)7-4-16)22-9-17(26)5-8-23(22)34-20(12-24(32-34)25(27,28)29)11-19-10-18(13-30)31-33(19)2/h3-10,12,15,35H,11,14H2,1-2H3/t15-/m1/s1. The molecule has 0 radical (unpaired) electrons. The maximum Gasteiger partial charge on any atom is 0.435 e. The Balaban J connectivity index is 1.73. The highest BCUT2D eigenvalue weighted by Gasteiger charge is 2.35. The van der Waals surface area contributed by atoms with Crippen molar-refractivity contribution in [2.45, 2.75) is 32.2 Å². The first-order chi connectivity index (χ1) is 17.0. The number of aromatic nitrogens is 4. The highest BCUT2D eigenvalue weighted by atomic mass is 19.4. The Morgan fingerprint density at radius 1 is 1.06 bits per heavy atom. The molecule has 0 aliphatic carbocycles. The summed E-state index contributed by atoms with van der Waals surface area (Å²) >= 11 is 0. The molecule has 7 nitrogen and oxygen atoms in total. The van der Waals surface area contributed by atoms with Gasteiger partial charge in [-0.1, -0.05) is 12.1 Å². The van der Waals surface area contributed by atoms with Crippen LogP contribution in [-0.2, 0) is 31.0 Å². The number of aryl methyl sites for hydroxylation is 1. The van der Waals surface area contributed by atoms with Gasteiger partial charge in [-0.2, -0.15) is 28.6 Å². The molecule has 0 unspecified atom stereocenters. The van der Waals surface area contributed by atoms with Crippen LogP contribution in [0, 0.1) is 17.1 Å². The fraction of sp³-hybridized carbons (Fsp3) is 0.240. The summed E-state index contributed by atoms with van der Waals surface area (Å²) in [5.74, 6) is -0.481. The number of nitriles is 1. The molecule has 11 heteroatoms. The summed E-state index contributed by atoms with van der Waals surface area (Å²) in [5.41, 5.74) is 0.982. The largest absolute Gasteiger partial charge is 0.508 e. The fourth-order valence-electron chi connectivity index (χ4n) is 3.75. The normalized spacial score (nSPS) is 12.5. The van der Waals surface area contributed by atoms with Gasteiger partial charge in [-0.3, -0.25) is 4.68 Å². The minimum atomic E-state index is -4.70. The van der Waals surface area contributed by atoms with E-state index in [-0.39, 0.29) is 35.9 Å². The molecular weight excluding hydrogens is 478 g/mol. The molecule has 1 atom stereocenters. The molecule has 0 bridgehead atoms. The van der Waals surface area contributed by atoms with Crippen molar-refractivity contribution >= 4 is 0 Å². The summed E-state index contributed by atoms with van der Waals surface area (Å²) in [4.78, 5) is 0. The number of phenols is 1. The Hall–Kier alpha value is -4.17. The quantitative estimate of drug-likeness (QED) is 0.353. The first-order valence-corrected chi connectivity index (χ1v) is 10.8. The Kier molecular flexibility index (Phi) is 6.81. The predicted molar refractivity (Wildman–Crippen MR) is 121 cm³/mol. The lowest BCUT2D eigenvalue weighted by Gasteiger charge is -2.19. The summed E-state index contributed by atoms with van der Waals surface area (Å²) < 4.78 is 63.4. The van der Waals surface area contributed by atoms with Gasteiger partial charge in [0.1, 0.15) is 17.6 Å². The zero-order valence-corrected chi connectivity index (χ0v) is 19.3. The molecule has 186 valence electrons. The molecule has 36 heavy (non-hydrogen) atoms. The maximum atomic E-state index is 14.2. The second kappa shape index (κ2) is 9.83. The Labute approximate surface area is 203 Å². The van der Waals surface area contributed by atoms with Crippen LogP contribution in [0.4, 0.5) is 17.6 Å². The molecule has 0 amide bonds. The van der Waals surface area contributed by atoms with Crippen LogP contribution in [0.1, 0.15) is 46.9 Å². The minimum absolute atomic E-state index is 0.00613. The third kappa shape index (κ3) is 5.39. The van der Waals surface area contributed by atoms with E-state index in [4.69, 9.17) is 10.00 Å². The van der Waals surface area contributed by atoms with E-state index in [0.717, 1.165) is 22.4 Å². The first kappa shape index (κ1) is 24.9. The Morgan fingerprint density at radius 2 is 1.78 bits per heavy atom. The van der Waals surface area contributed by atoms with Crippen LogP contribution in [0.2, 0.25) is 0 Å². The van der Waals surface area contributed by atoms with Gasteiger partial charge >= 0.3 is 6.18 Å². The smallest absolute Gasteiger partial charge is 0.435 e. The number of phenolic OH excluding ortho intramolecular Hbond substituents is 1. The minimum Gasteiger partial charge on any atom is -0.508 e. The van der Waals surface area contributed by atoms with Gasteiger partial charge in [0.2, 0.25) is 0 Å². The number of alkyl halides is 3. The lowest BCUT2D eigenvalue weighted by Crippen LogP contribution is -2.12. The Bertz CT molecular complexity index is 1420. The summed E-state index contributed by atoms with van der Waals surface area (Å²) in [5, 5.41) is 26.3. The number of benzene rings is 2. The molecule has 2 heterocycles. The molecule has 2 aromatic heterocycles. The van der Waals surface area contributed by atoms with Crippen LogP contribution in [0.5, 0.6) is 5.75 Å². The molecule has 0 aliphatic rings. The van der Waals surface area contributed by atoms with Crippen molar-refractivity contribution in [1.29, 1.82) is 5.26 Å². The summed E-state index contributed by atoms with van der Waals surface area (Å²) in [7, 11) is 1.59. The summed E-state index contributed by atoms with van der Waals surface area (Å²) in [6.07, 6.45) is -5.42. The van der Waals surface area contributed by atoms with Crippen molar-refractivity contribution in [3.8, 4) is 17.5 Å². The molecule has 0 saturated heterocycles. The number of hydrogen-bond acceptors (Lipinski definition) is 5. The van der Waals surface area contributed by atoms with Gasteiger partial charge in [0.25, 0.3) is 0 Å². The SMILES string of the molecule is C[C@@H](OCc1ccc(O)cc1)c1cc(F)ccc1-n1nc(C(F)(F)F)cc1Cc1cc(C#N)nn1C. The van der Waals surface area contributed by atoms with Crippen molar-refractivity contribution in [3.63, 3.8) is 0 Å². The number of nitrogens with zero attached hydrogens (tertiary/aromatic N) is 5. The zero-order valence-electron chi connectivity index (χ0n) is 19.3. The molecular formula is C25H21F4N5O2. The molecule has 0 fully saturated rings. The van der Waals surface area contributed by atoms with Crippen LogP contribution >= 0.6 is 0 Å². The average Bonchev–Trinajstić information content (AvgIpc) is 3.42. The lowest BCUT2D eigenvalue weighted by molar-refractivity contribution is -0.141. The van der Waals surface area contributed by atoms with E-state index in [2.05, 4.69) is 10.2 Å². The van der Waals surface area contributed by atoms with E-state index in [1.807, 2.05) is 6.07 Å². The van der Waals surface area contributed by atoms with Crippen molar-refractivity contribution in [1.82, 2.24) is 19.6 Å². The first-order valence-electron chi connectivity index (χ1n) is 10.8. The van der Waals surface area contributed by atoms with Gasteiger partial charge in [-0.15, -0.1) is 0 Å². The second-order valence-corrected chi connectivity index (χ2v) is 8.19. The molecule has 0 spiro atoms. The van der Waals surface area contributed by atoms with Crippen molar-refractivity contribution in [2.24, 2.45) is 7.05 Å². The van der Waals surface area contributed by atoms with Gasteiger partial charge < -0.3 is 9.84 Å². The van der Waals surface area contributed by atoms with Gasteiger partial charge in [0.05, 0.1) is 24.1 Å². The number of rotatable bonds is 7. The van der Waals surface area contributed by atoms with Gasteiger partial charge in [-0.05, 0) is 55.0 Å². The third-order valence-corrected chi connectivity index (χ3v) is 5.62. The van der Waals surface area contributed by atoms with E-state index < -0.39 is 23.8 Å². The van der Waals surface area contributed by atoms with Crippen LogP contribution < -0.4 is 0 Å². The van der Waals surface area contributed by atoms with Gasteiger partial charge in [0.15, 0.2) is 11.4 Å². The third-order valence-electron chi connectivity index (χ3n) is 5.62. The zero-order chi connectivity index (χ0) is 26.0. The molecule has 0 saturated carbocycles. The predicted octanol–water partition coefficient (Wildman–Crippen LogP) is 5.21. The van der Waals surface area contributed by atoms with Crippen LogP contribution in [0.15, 0.2) is 54.6 Å². The highest BCUT2D eigenvalue weighted by Crippen LogP contribution is 2.33. The topological polar surface area (TPSA) is 88.9 Å². The van der Waals surface area contributed by atoms with E-state index in [0.29, 0.717) is 11.3 Å². The highest BCUT2D eigenvalue weighted by molar-refractivity contribution is 5.44. The summed E-state index contributed by atoms with van der Waals surface area (Å²) in [6, 6.07) is 14.3. The van der Waals surface area contributed by atoms with E-state index in [1.54, 1.807) is 26.1 Å². The molecule has 4 aromatic rings. The van der Waals surface area contributed by atoms with Crippen molar-refractivity contribution in [2.75, 3.05) is 0 Å². The van der Waals surface area contributed by atoms with E-state index >= 15 is 0 Å². The van der Waals surface area contributed by atoms with E-state index in [1.165, 1.54) is 35.0 Å². The van der Waals surface area contributed by atoms with Crippen LogP contribution in [-0.4, -0.2) is 24.7 Å². The Morgan fingerprint density at radius 3 is 2.42 bits per heavy atom. The maximum absolute atomic E-state index is 14.2. The van der Waals surface area contributed by atoms with E-state index in [9.17, 15) is 22.7 Å². The molecule has 2 aromatic carbocycles. The number of halogens is 4. The summed E-state index contributed by atoms with van der Waals surface area (Å²) in [6.45, 7) is 1.79. The second-order valence-electron chi connectivity index (χ2n) is 8.19. The van der Waals surface area contributed by atoms with Gasteiger partial charge in [0, 0.05) is 24.7 Å².